The van der Waals surface area contributed by atoms with E-state index in [9.17, 15) is 18.0 Å². The number of Topliss-reactive ketones (excluding diaryl/α,β-unsaturated/α-hetero) is 1. The highest BCUT2D eigenvalue weighted by molar-refractivity contribution is 6.31. The first-order chi connectivity index (χ1) is 10.3. The summed E-state index contributed by atoms with van der Waals surface area (Å²) in [6.45, 7) is 0. The highest BCUT2D eigenvalue weighted by atomic mass is 35.5. The number of ketones is 1. The van der Waals surface area contributed by atoms with E-state index in [4.69, 9.17) is 11.6 Å². The summed E-state index contributed by atoms with van der Waals surface area (Å²) in [5.41, 5.74) is 1.11. The van der Waals surface area contributed by atoms with E-state index in [-0.39, 0.29) is 12.2 Å². The van der Waals surface area contributed by atoms with Crippen LogP contribution in [-0.4, -0.2) is 11.5 Å². The minimum absolute atomic E-state index is 0.0556. The van der Waals surface area contributed by atoms with Crippen molar-refractivity contribution in [1.29, 1.82) is 0 Å². The molecule has 0 fully saturated rings. The van der Waals surface area contributed by atoms with Crippen LogP contribution in [0.2, 0.25) is 5.02 Å². The normalized spacial score (nSPS) is 14.5. The molecule has 0 unspecified atom stereocenters. The van der Waals surface area contributed by atoms with Crippen LogP contribution in [0.4, 0.5) is 18.9 Å². The molecule has 2 aromatic carbocycles. The van der Waals surface area contributed by atoms with Crippen LogP contribution in [0.3, 0.4) is 0 Å². The number of rotatable bonds is 1. The van der Waals surface area contributed by atoms with Gasteiger partial charge in [0.15, 0.2) is 5.78 Å². The highest BCUT2D eigenvalue weighted by Crippen LogP contribution is 2.32. The number of carbonyl (C=O) groups excluding carboxylic acids is 1. The zero-order chi connectivity index (χ0) is 15.9. The molecule has 1 aliphatic heterocycles. The largest absolute Gasteiger partial charge is 0.416 e. The van der Waals surface area contributed by atoms with Crippen LogP contribution in [-0.2, 0) is 6.18 Å². The van der Waals surface area contributed by atoms with Gasteiger partial charge in [-0.1, -0.05) is 23.7 Å². The number of fused-ring (bicyclic) bond motifs is 1. The molecule has 0 radical (unpaired) electrons. The summed E-state index contributed by atoms with van der Waals surface area (Å²) in [7, 11) is 0. The Morgan fingerprint density at radius 3 is 2.36 bits per heavy atom. The molecule has 0 aliphatic carbocycles. The quantitative estimate of drug-likeness (QED) is 0.720. The number of benzene rings is 2. The molecule has 0 bridgehead atoms. The lowest BCUT2D eigenvalue weighted by atomic mass is 9.95. The Hall–Kier alpha value is -2.14. The van der Waals surface area contributed by atoms with Crippen LogP contribution in [0.15, 0.2) is 47.5 Å². The fraction of sp³-hybridized carbons (Fsp3) is 0.125. The van der Waals surface area contributed by atoms with E-state index >= 15 is 0 Å². The van der Waals surface area contributed by atoms with Crippen LogP contribution in [0.1, 0.15) is 27.9 Å². The van der Waals surface area contributed by atoms with Crippen molar-refractivity contribution in [2.75, 3.05) is 0 Å². The average Bonchev–Trinajstić information content (AvgIpc) is 2.46. The minimum Gasteiger partial charge on any atom is -0.294 e. The Morgan fingerprint density at radius 2 is 1.73 bits per heavy atom. The molecule has 0 saturated carbocycles. The first-order valence-corrected chi connectivity index (χ1v) is 6.80. The predicted octanol–water partition coefficient (Wildman–Crippen LogP) is 5.07. The molecule has 3 rings (SSSR count). The van der Waals surface area contributed by atoms with Crippen molar-refractivity contribution in [2.24, 2.45) is 4.99 Å². The molecular formula is C16H9ClF3NO. The Morgan fingerprint density at radius 1 is 1.05 bits per heavy atom. The van der Waals surface area contributed by atoms with Gasteiger partial charge in [-0.15, -0.1) is 0 Å². The van der Waals surface area contributed by atoms with Crippen molar-refractivity contribution in [3.8, 4) is 0 Å². The van der Waals surface area contributed by atoms with E-state index in [1.165, 1.54) is 12.1 Å². The lowest BCUT2D eigenvalue weighted by Gasteiger charge is -2.15. The molecular weight excluding hydrogens is 315 g/mol. The summed E-state index contributed by atoms with van der Waals surface area (Å²) in [6.07, 6.45) is -4.33. The Bertz CT molecular complexity index is 779. The zero-order valence-electron chi connectivity index (χ0n) is 11.1. The lowest BCUT2D eigenvalue weighted by molar-refractivity contribution is -0.137. The number of alkyl halides is 3. The van der Waals surface area contributed by atoms with E-state index in [0.717, 1.165) is 12.1 Å². The van der Waals surface area contributed by atoms with Crippen molar-refractivity contribution in [2.45, 2.75) is 12.6 Å². The van der Waals surface area contributed by atoms with Gasteiger partial charge >= 0.3 is 6.18 Å². The van der Waals surface area contributed by atoms with Crippen molar-refractivity contribution in [3.63, 3.8) is 0 Å². The molecule has 2 aromatic rings. The molecule has 112 valence electrons. The second-order valence-corrected chi connectivity index (χ2v) is 5.33. The van der Waals surface area contributed by atoms with Gasteiger partial charge in [0.05, 0.1) is 23.4 Å². The lowest BCUT2D eigenvalue weighted by Crippen LogP contribution is -2.14. The first kappa shape index (κ1) is 14.8. The van der Waals surface area contributed by atoms with Gasteiger partial charge in [0.2, 0.25) is 0 Å². The fourth-order valence-electron chi connectivity index (χ4n) is 2.28. The molecule has 6 heteroatoms. The number of aliphatic imine (C=N–C) groups is 1. The smallest absolute Gasteiger partial charge is 0.294 e. The topological polar surface area (TPSA) is 29.4 Å². The SMILES string of the molecule is O=C1CC(c2ccc(C(F)(F)F)cc2)=Nc2cc(Cl)ccc21. The third-order valence-electron chi connectivity index (χ3n) is 3.39. The van der Waals surface area contributed by atoms with E-state index in [1.807, 2.05) is 0 Å². The fourth-order valence-corrected chi connectivity index (χ4v) is 2.45. The Kier molecular flexibility index (Phi) is 3.53. The van der Waals surface area contributed by atoms with Gasteiger partial charge in [0.25, 0.3) is 0 Å². The summed E-state index contributed by atoms with van der Waals surface area (Å²) in [5, 5.41) is 0.448. The maximum Gasteiger partial charge on any atom is 0.416 e. The van der Waals surface area contributed by atoms with E-state index in [2.05, 4.69) is 4.99 Å². The molecule has 22 heavy (non-hydrogen) atoms. The van der Waals surface area contributed by atoms with Crippen LogP contribution in [0.25, 0.3) is 0 Å². The van der Waals surface area contributed by atoms with E-state index < -0.39 is 11.7 Å². The second-order valence-electron chi connectivity index (χ2n) is 4.90. The summed E-state index contributed by atoms with van der Waals surface area (Å²) in [4.78, 5) is 16.5. The first-order valence-electron chi connectivity index (χ1n) is 6.42. The molecule has 0 amide bonds. The summed E-state index contributed by atoms with van der Waals surface area (Å²) < 4.78 is 37.7. The average molecular weight is 324 g/mol. The van der Waals surface area contributed by atoms with Crippen molar-refractivity contribution in [3.05, 3.63) is 64.2 Å². The van der Waals surface area contributed by atoms with Crippen LogP contribution in [0.5, 0.6) is 0 Å². The number of hydrogen-bond donors (Lipinski definition) is 0. The van der Waals surface area contributed by atoms with Crippen LogP contribution >= 0.6 is 11.6 Å². The number of nitrogens with zero attached hydrogens (tertiary/aromatic N) is 1. The number of hydrogen-bond acceptors (Lipinski definition) is 2. The maximum absolute atomic E-state index is 12.6. The second kappa shape index (κ2) is 5.25. The van der Waals surface area contributed by atoms with E-state index in [0.29, 0.717) is 27.5 Å². The molecule has 0 saturated heterocycles. The van der Waals surface area contributed by atoms with Gasteiger partial charge in [-0.05, 0) is 35.9 Å². The van der Waals surface area contributed by atoms with Gasteiger partial charge in [0.1, 0.15) is 0 Å². The van der Waals surface area contributed by atoms with Crippen molar-refractivity contribution in [1.82, 2.24) is 0 Å². The number of carbonyl (C=O) groups is 1. The van der Waals surface area contributed by atoms with Crippen LogP contribution in [0, 0.1) is 0 Å². The summed E-state index contributed by atoms with van der Waals surface area (Å²) >= 11 is 5.88. The Balaban J connectivity index is 2.01. The molecule has 0 N–H and O–H groups in total. The predicted molar refractivity (Wildman–Crippen MR) is 78.0 cm³/mol. The minimum atomic E-state index is -4.39. The van der Waals surface area contributed by atoms with E-state index in [1.54, 1.807) is 18.2 Å². The monoisotopic (exact) mass is 323 g/mol. The molecule has 0 aromatic heterocycles. The third-order valence-corrected chi connectivity index (χ3v) is 3.62. The molecule has 2 nitrogen and oxygen atoms in total. The van der Waals surface area contributed by atoms with Gasteiger partial charge in [0, 0.05) is 10.6 Å². The summed E-state index contributed by atoms with van der Waals surface area (Å²) in [5.74, 6) is -0.128. The van der Waals surface area contributed by atoms with Crippen molar-refractivity contribution < 1.29 is 18.0 Å². The van der Waals surface area contributed by atoms with Crippen LogP contribution < -0.4 is 0 Å². The molecule has 0 atom stereocenters. The summed E-state index contributed by atoms with van der Waals surface area (Å²) in [6, 6.07) is 9.39. The Labute approximate surface area is 129 Å². The maximum atomic E-state index is 12.6. The number of halogens is 4. The van der Waals surface area contributed by atoms with Gasteiger partial charge in [-0.3, -0.25) is 9.79 Å². The van der Waals surface area contributed by atoms with Crippen molar-refractivity contribution >= 4 is 28.8 Å². The van der Waals surface area contributed by atoms with Gasteiger partial charge in [-0.25, -0.2) is 0 Å². The zero-order valence-corrected chi connectivity index (χ0v) is 11.9. The van der Waals surface area contributed by atoms with Gasteiger partial charge < -0.3 is 0 Å². The standard InChI is InChI=1S/C16H9ClF3NO/c17-11-5-6-12-14(7-11)21-13(8-15(12)22)9-1-3-10(4-2-9)16(18,19)20/h1-7H,8H2. The molecule has 1 aliphatic rings. The molecule has 0 spiro atoms. The third kappa shape index (κ3) is 2.76. The molecule has 1 heterocycles. The van der Waals surface area contributed by atoms with Gasteiger partial charge in [-0.2, -0.15) is 13.2 Å². The highest BCUT2D eigenvalue weighted by Gasteiger charge is 2.30.